The van der Waals surface area contributed by atoms with Crippen molar-refractivity contribution in [1.82, 2.24) is 24.4 Å². The molecule has 0 fully saturated rings. The van der Waals surface area contributed by atoms with Crippen LogP contribution in [-0.4, -0.2) is 25.0 Å². The molecule has 0 aliphatic carbocycles. The number of pyridine rings is 2. The van der Waals surface area contributed by atoms with Crippen LogP contribution in [0, 0.1) is 5.82 Å². The highest BCUT2D eigenvalue weighted by molar-refractivity contribution is 5.80. The number of rotatable bonds is 5. The molecule has 4 rings (SSSR count). The number of benzene rings is 1. The predicted octanol–water partition coefficient (Wildman–Crippen LogP) is 2.04. The first kappa shape index (κ1) is 17.6. The molecule has 0 atom stereocenters. The van der Waals surface area contributed by atoms with Gasteiger partial charge in [-0.2, -0.15) is 0 Å². The van der Waals surface area contributed by atoms with Crippen molar-refractivity contribution in [3.8, 4) is 5.69 Å². The van der Waals surface area contributed by atoms with Crippen molar-refractivity contribution in [2.75, 3.05) is 0 Å². The Morgan fingerprint density at radius 3 is 2.54 bits per heavy atom. The molecule has 1 amide bonds. The van der Waals surface area contributed by atoms with Crippen LogP contribution in [0.25, 0.3) is 16.9 Å². The number of amides is 1. The Hall–Kier alpha value is -3.81. The molecule has 0 spiro atoms. The summed E-state index contributed by atoms with van der Waals surface area (Å²) in [6.07, 6.45) is 4.86. The molecule has 0 saturated carbocycles. The fourth-order valence-electron chi connectivity index (χ4n) is 2.96. The molecular formula is C20H16FN5O2. The van der Waals surface area contributed by atoms with Gasteiger partial charge in [0.2, 0.25) is 5.91 Å². The van der Waals surface area contributed by atoms with E-state index < -0.39 is 11.5 Å². The lowest BCUT2D eigenvalue weighted by Gasteiger charge is -2.06. The average Bonchev–Trinajstić information content (AvgIpc) is 3.00. The molecule has 1 aromatic carbocycles. The molecule has 0 unspecified atom stereocenters. The van der Waals surface area contributed by atoms with E-state index in [0.29, 0.717) is 23.4 Å². The van der Waals surface area contributed by atoms with Gasteiger partial charge in [-0.05, 0) is 54.1 Å². The maximum absolute atomic E-state index is 13.3. The van der Waals surface area contributed by atoms with Crippen LogP contribution in [-0.2, 0) is 17.9 Å². The quantitative estimate of drug-likeness (QED) is 0.577. The van der Waals surface area contributed by atoms with Gasteiger partial charge in [0.05, 0.1) is 11.2 Å². The first-order valence-corrected chi connectivity index (χ1v) is 8.61. The number of nitrogens with one attached hydrogen (secondary N) is 1. The molecule has 4 aromatic rings. The lowest BCUT2D eigenvalue weighted by molar-refractivity contribution is -0.121. The fourth-order valence-corrected chi connectivity index (χ4v) is 2.96. The molecule has 8 heteroatoms. The SMILES string of the molecule is O=C(Cn1c(=O)n(-c2ccc(F)cc2)c2ncccc21)NCc1ccncc1. The zero-order valence-corrected chi connectivity index (χ0v) is 14.7. The van der Waals surface area contributed by atoms with Crippen LogP contribution in [0.2, 0.25) is 0 Å². The van der Waals surface area contributed by atoms with Crippen molar-refractivity contribution in [2.24, 2.45) is 0 Å². The molecule has 28 heavy (non-hydrogen) atoms. The second-order valence-corrected chi connectivity index (χ2v) is 6.16. The lowest BCUT2D eigenvalue weighted by Crippen LogP contribution is -2.32. The minimum atomic E-state index is -0.417. The normalized spacial score (nSPS) is 10.9. The van der Waals surface area contributed by atoms with Gasteiger partial charge in [-0.1, -0.05) is 0 Å². The Morgan fingerprint density at radius 2 is 1.79 bits per heavy atom. The summed E-state index contributed by atoms with van der Waals surface area (Å²) < 4.78 is 16.0. The number of halogens is 1. The van der Waals surface area contributed by atoms with Crippen molar-refractivity contribution < 1.29 is 9.18 Å². The van der Waals surface area contributed by atoms with Crippen molar-refractivity contribution >= 4 is 17.1 Å². The van der Waals surface area contributed by atoms with E-state index in [-0.39, 0.29) is 12.5 Å². The predicted molar refractivity (Wildman–Crippen MR) is 101 cm³/mol. The summed E-state index contributed by atoms with van der Waals surface area (Å²) in [5.74, 6) is -0.704. The Balaban J connectivity index is 1.66. The molecule has 140 valence electrons. The van der Waals surface area contributed by atoms with Crippen molar-refractivity contribution in [1.29, 1.82) is 0 Å². The monoisotopic (exact) mass is 377 g/mol. The lowest BCUT2D eigenvalue weighted by atomic mass is 10.3. The number of imidazole rings is 1. The first-order valence-electron chi connectivity index (χ1n) is 8.61. The van der Waals surface area contributed by atoms with Crippen LogP contribution in [0.1, 0.15) is 5.56 Å². The third-order valence-electron chi connectivity index (χ3n) is 4.32. The van der Waals surface area contributed by atoms with Gasteiger partial charge in [0.15, 0.2) is 5.65 Å². The van der Waals surface area contributed by atoms with Gasteiger partial charge in [-0.3, -0.25) is 14.3 Å². The molecule has 7 nitrogen and oxygen atoms in total. The molecular weight excluding hydrogens is 361 g/mol. The van der Waals surface area contributed by atoms with Crippen LogP contribution in [0.4, 0.5) is 4.39 Å². The summed E-state index contributed by atoms with van der Waals surface area (Å²) in [6, 6.07) is 12.6. The minimum Gasteiger partial charge on any atom is -0.350 e. The molecule has 0 aliphatic rings. The minimum absolute atomic E-state index is 0.152. The van der Waals surface area contributed by atoms with E-state index in [0.717, 1.165) is 5.56 Å². The number of hydrogen-bond donors (Lipinski definition) is 1. The Morgan fingerprint density at radius 1 is 1.04 bits per heavy atom. The van der Waals surface area contributed by atoms with E-state index in [1.807, 2.05) is 0 Å². The molecule has 0 aliphatic heterocycles. The zero-order valence-electron chi connectivity index (χ0n) is 14.7. The van der Waals surface area contributed by atoms with Gasteiger partial charge < -0.3 is 5.32 Å². The van der Waals surface area contributed by atoms with Gasteiger partial charge in [0, 0.05) is 25.1 Å². The van der Waals surface area contributed by atoms with Gasteiger partial charge in [0.25, 0.3) is 0 Å². The van der Waals surface area contributed by atoms with E-state index in [2.05, 4.69) is 15.3 Å². The number of hydrogen-bond acceptors (Lipinski definition) is 4. The van der Waals surface area contributed by atoms with Gasteiger partial charge in [-0.25, -0.2) is 18.7 Å². The fraction of sp³-hybridized carbons (Fsp3) is 0.100. The third-order valence-corrected chi connectivity index (χ3v) is 4.32. The largest absolute Gasteiger partial charge is 0.350 e. The number of fused-ring (bicyclic) bond motifs is 1. The average molecular weight is 377 g/mol. The summed E-state index contributed by atoms with van der Waals surface area (Å²) in [7, 11) is 0. The number of aromatic nitrogens is 4. The standard InChI is InChI=1S/C20H16FN5O2/c21-15-3-5-16(6-4-15)26-19-17(2-1-9-23-19)25(20(26)28)13-18(27)24-12-14-7-10-22-11-8-14/h1-11H,12-13H2,(H,24,27). The second-order valence-electron chi connectivity index (χ2n) is 6.16. The highest BCUT2D eigenvalue weighted by Gasteiger charge is 2.17. The van der Waals surface area contributed by atoms with Crippen LogP contribution in [0.3, 0.4) is 0 Å². The van der Waals surface area contributed by atoms with E-state index in [9.17, 15) is 14.0 Å². The highest BCUT2D eigenvalue weighted by Crippen LogP contribution is 2.16. The summed E-state index contributed by atoms with van der Waals surface area (Å²) in [4.78, 5) is 33.6. The molecule has 3 aromatic heterocycles. The first-order chi connectivity index (χ1) is 13.6. The number of nitrogens with zero attached hydrogens (tertiary/aromatic N) is 4. The summed E-state index contributed by atoms with van der Waals surface area (Å²) in [5.41, 5.74) is 1.90. The van der Waals surface area contributed by atoms with E-state index in [1.54, 1.807) is 42.9 Å². The van der Waals surface area contributed by atoms with Gasteiger partial charge in [-0.15, -0.1) is 0 Å². The number of carbonyl (C=O) groups is 1. The maximum atomic E-state index is 13.3. The van der Waals surface area contributed by atoms with E-state index in [4.69, 9.17) is 0 Å². The van der Waals surface area contributed by atoms with Gasteiger partial charge >= 0.3 is 5.69 Å². The van der Waals surface area contributed by atoms with Crippen molar-refractivity contribution in [3.63, 3.8) is 0 Å². The highest BCUT2D eigenvalue weighted by atomic mass is 19.1. The Labute approximate surface area is 159 Å². The van der Waals surface area contributed by atoms with E-state index in [1.165, 1.54) is 33.4 Å². The van der Waals surface area contributed by atoms with E-state index >= 15 is 0 Å². The summed E-state index contributed by atoms with van der Waals surface area (Å²) >= 11 is 0. The Bertz CT molecular complexity index is 1180. The third kappa shape index (κ3) is 3.39. The van der Waals surface area contributed by atoms with Crippen LogP contribution in [0.5, 0.6) is 0 Å². The molecule has 0 bridgehead atoms. The van der Waals surface area contributed by atoms with Crippen LogP contribution < -0.4 is 11.0 Å². The smallest absolute Gasteiger partial charge is 0.335 e. The van der Waals surface area contributed by atoms with Crippen molar-refractivity contribution in [2.45, 2.75) is 13.1 Å². The molecule has 1 N–H and O–H groups in total. The van der Waals surface area contributed by atoms with Crippen molar-refractivity contribution in [3.05, 3.63) is 89.0 Å². The summed E-state index contributed by atoms with van der Waals surface area (Å²) in [6.45, 7) is 0.186. The zero-order chi connectivity index (χ0) is 19.5. The maximum Gasteiger partial charge on any atom is 0.335 e. The summed E-state index contributed by atoms with van der Waals surface area (Å²) in [5, 5.41) is 2.79. The molecule has 0 saturated heterocycles. The topological polar surface area (TPSA) is 81.8 Å². The molecule has 3 heterocycles. The molecule has 0 radical (unpaired) electrons. The van der Waals surface area contributed by atoms with Crippen LogP contribution >= 0.6 is 0 Å². The van der Waals surface area contributed by atoms with Crippen LogP contribution in [0.15, 0.2) is 71.9 Å². The second kappa shape index (κ2) is 7.43. The number of carbonyl (C=O) groups excluding carboxylic acids is 1. The van der Waals surface area contributed by atoms with Gasteiger partial charge in [0.1, 0.15) is 12.4 Å². The Kier molecular flexibility index (Phi) is 4.67.